The van der Waals surface area contributed by atoms with Gasteiger partial charge in [0.05, 0.1) is 11.6 Å². The molecular weight excluding hydrogens is 274 g/mol. The number of rotatable bonds is 3. The van der Waals surface area contributed by atoms with Crippen molar-refractivity contribution >= 4 is 11.6 Å². The highest BCUT2D eigenvalue weighted by atomic mass is 16.2. The van der Waals surface area contributed by atoms with E-state index in [1.807, 2.05) is 24.3 Å². The molecule has 3 rings (SSSR count). The van der Waals surface area contributed by atoms with Crippen molar-refractivity contribution in [3.8, 4) is 6.07 Å². The zero-order valence-corrected chi connectivity index (χ0v) is 13.0. The second-order valence-electron chi connectivity index (χ2n) is 6.39. The molecule has 0 atom stereocenters. The molecule has 0 N–H and O–H groups in total. The summed E-state index contributed by atoms with van der Waals surface area (Å²) < 4.78 is 0. The van der Waals surface area contributed by atoms with Gasteiger partial charge in [0.1, 0.15) is 0 Å². The van der Waals surface area contributed by atoms with Crippen molar-refractivity contribution in [2.75, 3.05) is 31.1 Å². The Labute approximate surface area is 132 Å². The third-order valence-corrected chi connectivity index (χ3v) is 4.88. The van der Waals surface area contributed by atoms with Gasteiger partial charge in [-0.25, -0.2) is 0 Å². The summed E-state index contributed by atoms with van der Waals surface area (Å²) >= 11 is 0. The first-order valence-corrected chi connectivity index (χ1v) is 8.29. The van der Waals surface area contributed by atoms with Crippen molar-refractivity contribution in [1.29, 1.82) is 5.26 Å². The Bertz CT molecular complexity index is 553. The normalized spacial score (nSPS) is 20.0. The molecule has 0 unspecified atom stereocenters. The Morgan fingerprint density at radius 1 is 1.09 bits per heavy atom. The largest absolute Gasteiger partial charge is 0.372 e. The summed E-state index contributed by atoms with van der Waals surface area (Å²) in [6.45, 7) is 3.98. The smallest absolute Gasteiger partial charge is 0.222 e. The number of piperidine rings is 2. The van der Waals surface area contributed by atoms with Crippen LogP contribution < -0.4 is 4.90 Å². The molecule has 1 aromatic carbocycles. The van der Waals surface area contributed by atoms with Gasteiger partial charge in [-0.2, -0.15) is 5.26 Å². The number of nitriles is 1. The molecule has 4 heteroatoms. The number of hydrogen-bond acceptors (Lipinski definition) is 3. The molecule has 1 aromatic rings. The van der Waals surface area contributed by atoms with E-state index in [4.69, 9.17) is 5.26 Å². The van der Waals surface area contributed by atoms with Crippen LogP contribution in [0.15, 0.2) is 24.3 Å². The summed E-state index contributed by atoms with van der Waals surface area (Å²) in [6.07, 6.45) is 5.25. The Morgan fingerprint density at radius 2 is 1.82 bits per heavy atom. The van der Waals surface area contributed by atoms with Crippen LogP contribution in [-0.4, -0.2) is 37.0 Å². The van der Waals surface area contributed by atoms with E-state index in [-0.39, 0.29) is 0 Å². The first-order chi connectivity index (χ1) is 10.8. The Hall–Kier alpha value is -2.02. The molecule has 0 spiro atoms. The lowest BCUT2D eigenvalue weighted by atomic mass is 9.94. The van der Waals surface area contributed by atoms with Gasteiger partial charge in [0.25, 0.3) is 0 Å². The van der Waals surface area contributed by atoms with Crippen molar-refractivity contribution in [1.82, 2.24) is 4.90 Å². The molecule has 2 saturated heterocycles. The number of anilines is 1. The minimum atomic E-state index is 0.348. The van der Waals surface area contributed by atoms with E-state index in [9.17, 15) is 4.79 Å². The molecule has 2 fully saturated rings. The van der Waals surface area contributed by atoms with Gasteiger partial charge >= 0.3 is 0 Å². The predicted octanol–water partition coefficient (Wildman–Crippen LogP) is 2.79. The molecule has 2 heterocycles. The SMILES string of the molecule is N#Cc1ccc(N2CCC(CN3CCCCC3=O)CC2)cc1. The van der Waals surface area contributed by atoms with Gasteiger partial charge in [-0.15, -0.1) is 0 Å². The first kappa shape index (κ1) is 14.9. The van der Waals surface area contributed by atoms with Crippen molar-refractivity contribution in [3.05, 3.63) is 29.8 Å². The molecule has 4 nitrogen and oxygen atoms in total. The highest BCUT2D eigenvalue weighted by Gasteiger charge is 2.25. The number of likely N-dealkylation sites (tertiary alicyclic amines) is 1. The van der Waals surface area contributed by atoms with Crippen molar-refractivity contribution in [2.45, 2.75) is 32.1 Å². The van der Waals surface area contributed by atoms with E-state index < -0.39 is 0 Å². The van der Waals surface area contributed by atoms with Crippen molar-refractivity contribution in [2.24, 2.45) is 5.92 Å². The number of amides is 1. The fraction of sp³-hybridized carbons (Fsp3) is 0.556. The van der Waals surface area contributed by atoms with E-state index >= 15 is 0 Å². The lowest BCUT2D eigenvalue weighted by Gasteiger charge is -2.37. The first-order valence-electron chi connectivity index (χ1n) is 8.29. The van der Waals surface area contributed by atoms with E-state index in [0.717, 1.165) is 58.3 Å². The molecule has 22 heavy (non-hydrogen) atoms. The van der Waals surface area contributed by atoms with Gasteiger partial charge in [0, 0.05) is 38.3 Å². The molecule has 0 aromatic heterocycles. The van der Waals surface area contributed by atoms with Crippen LogP contribution in [0.2, 0.25) is 0 Å². The minimum Gasteiger partial charge on any atom is -0.372 e. The summed E-state index contributed by atoms with van der Waals surface area (Å²) in [5, 5.41) is 8.85. The average Bonchev–Trinajstić information content (AvgIpc) is 2.58. The maximum atomic E-state index is 11.9. The van der Waals surface area contributed by atoms with E-state index in [1.54, 1.807) is 0 Å². The quantitative estimate of drug-likeness (QED) is 0.862. The maximum Gasteiger partial charge on any atom is 0.222 e. The lowest BCUT2D eigenvalue weighted by Crippen LogP contribution is -2.42. The van der Waals surface area contributed by atoms with E-state index in [0.29, 0.717) is 17.4 Å². The summed E-state index contributed by atoms with van der Waals surface area (Å²) in [6, 6.07) is 9.99. The molecule has 2 aliphatic rings. The molecule has 0 aliphatic carbocycles. The lowest BCUT2D eigenvalue weighted by molar-refractivity contribution is -0.134. The standard InChI is InChI=1S/C18H23N3O/c19-13-15-4-6-17(7-5-15)20-11-8-16(9-12-20)14-21-10-2-1-3-18(21)22/h4-7,16H,1-3,8-12,14H2. The van der Waals surface area contributed by atoms with Gasteiger partial charge < -0.3 is 9.80 Å². The molecular formula is C18H23N3O. The number of benzene rings is 1. The summed E-state index contributed by atoms with van der Waals surface area (Å²) in [7, 11) is 0. The van der Waals surface area contributed by atoms with Gasteiger partial charge in [-0.3, -0.25) is 4.79 Å². The Kier molecular flexibility index (Phi) is 4.62. The molecule has 0 radical (unpaired) electrons. The summed E-state index contributed by atoms with van der Waals surface area (Å²) in [5.41, 5.74) is 1.91. The third-order valence-electron chi connectivity index (χ3n) is 4.88. The second-order valence-corrected chi connectivity index (χ2v) is 6.39. The minimum absolute atomic E-state index is 0.348. The van der Waals surface area contributed by atoms with Gasteiger partial charge in [-0.1, -0.05) is 0 Å². The Morgan fingerprint density at radius 3 is 2.45 bits per heavy atom. The molecule has 0 bridgehead atoms. The van der Waals surface area contributed by atoms with Gasteiger partial charge in [-0.05, 0) is 55.9 Å². The van der Waals surface area contributed by atoms with Crippen LogP contribution >= 0.6 is 0 Å². The average molecular weight is 297 g/mol. The molecule has 0 saturated carbocycles. The van der Waals surface area contributed by atoms with Crippen LogP contribution in [0.5, 0.6) is 0 Å². The summed E-state index contributed by atoms with van der Waals surface area (Å²) in [5.74, 6) is 0.984. The van der Waals surface area contributed by atoms with Crippen LogP contribution in [0.4, 0.5) is 5.69 Å². The van der Waals surface area contributed by atoms with Crippen LogP contribution in [0.3, 0.4) is 0 Å². The zero-order chi connectivity index (χ0) is 15.4. The monoisotopic (exact) mass is 297 g/mol. The number of carbonyl (C=O) groups excluding carboxylic acids is 1. The zero-order valence-electron chi connectivity index (χ0n) is 13.0. The van der Waals surface area contributed by atoms with Crippen molar-refractivity contribution in [3.63, 3.8) is 0 Å². The van der Waals surface area contributed by atoms with Crippen molar-refractivity contribution < 1.29 is 4.79 Å². The molecule has 116 valence electrons. The van der Waals surface area contributed by atoms with Gasteiger partial charge in [0.2, 0.25) is 5.91 Å². The Balaban J connectivity index is 1.51. The second kappa shape index (κ2) is 6.83. The number of carbonyl (C=O) groups is 1. The number of nitrogens with zero attached hydrogens (tertiary/aromatic N) is 3. The fourth-order valence-electron chi connectivity index (χ4n) is 3.49. The van der Waals surface area contributed by atoms with Gasteiger partial charge in [0.15, 0.2) is 0 Å². The van der Waals surface area contributed by atoms with Crippen LogP contribution in [0.25, 0.3) is 0 Å². The van der Waals surface area contributed by atoms with Crippen LogP contribution in [0.1, 0.15) is 37.7 Å². The number of hydrogen-bond donors (Lipinski definition) is 0. The van der Waals surface area contributed by atoms with E-state index in [1.165, 1.54) is 5.69 Å². The van der Waals surface area contributed by atoms with Crippen LogP contribution in [-0.2, 0) is 4.79 Å². The molecule has 2 aliphatic heterocycles. The fourth-order valence-corrected chi connectivity index (χ4v) is 3.49. The molecule has 1 amide bonds. The maximum absolute atomic E-state index is 11.9. The van der Waals surface area contributed by atoms with Crippen LogP contribution in [0, 0.1) is 17.2 Å². The highest BCUT2D eigenvalue weighted by molar-refractivity contribution is 5.76. The topological polar surface area (TPSA) is 47.3 Å². The highest BCUT2D eigenvalue weighted by Crippen LogP contribution is 2.25. The predicted molar refractivity (Wildman–Crippen MR) is 86.5 cm³/mol. The van der Waals surface area contributed by atoms with E-state index in [2.05, 4.69) is 15.9 Å². The third kappa shape index (κ3) is 3.41. The summed E-state index contributed by atoms with van der Waals surface area (Å²) in [4.78, 5) is 16.4.